The van der Waals surface area contributed by atoms with Gasteiger partial charge in [0.15, 0.2) is 5.82 Å². The Labute approximate surface area is 96.4 Å². The third kappa shape index (κ3) is 2.59. The maximum absolute atomic E-state index is 6.10. The fourth-order valence-electron chi connectivity index (χ4n) is 1.04. The average Bonchev–Trinajstić information content (AvgIpc) is 2.61. The smallest absolute Gasteiger partial charge is 0.234 e. The molecule has 0 bridgehead atoms. The molecule has 5 nitrogen and oxygen atoms in total. The highest BCUT2D eigenvalue weighted by Gasteiger charge is 2.40. The van der Waals surface area contributed by atoms with Crippen LogP contribution in [0.2, 0.25) is 0 Å². The first-order valence-electron chi connectivity index (χ1n) is 5.48. The van der Waals surface area contributed by atoms with Crippen molar-refractivity contribution >= 4 is 0 Å². The summed E-state index contributed by atoms with van der Waals surface area (Å²) in [5.74, 6) is 1.11. The van der Waals surface area contributed by atoms with Crippen molar-refractivity contribution in [1.82, 2.24) is 10.1 Å². The van der Waals surface area contributed by atoms with Crippen molar-refractivity contribution in [3.63, 3.8) is 0 Å². The maximum Gasteiger partial charge on any atom is 0.234 e. The Balaban J connectivity index is 2.85. The normalized spacial score (nSPS) is 13.1. The summed E-state index contributed by atoms with van der Waals surface area (Å²) in [6, 6.07) is 0. The summed E-state index contributed by atoms with van der Waals surface area (Å²) in [4.78, 5) is 4.30. The predicted octanol–water partition coefficient (Wildman–Crippen LogP) is 1.62. The van der Waals surface area contributed by atoms with Crippen LogP contribution in [0.4, 0.5) is 0 Å². The van der Waals surface area contributed by atoms with Crippen LogP contribution >= 0.6 is 0 Å². The summed E-state index contributed by atoms with van der Waals surface area (Å²) in [7, 11) is 0. The van der Waals surface area contributed by atoms with Crippen LogP contribution in [0, 0.1) is 0 Å². The van der Waals surface area contributed by atoms with E-state index in [0.717, 1.165) is 0 Å². The molecule has 1 rings (SSSR count). The van der Waals surface area contributed by atoms with Gasteiger partial charge in [-0.2, -0.15) is 4.98 Å². The first kappa shape index (κ1) is 13.1. The molecule has 1 aromatic rings. The summed E-state index contributed by atoms with van der Waals surface area (Å²) in [5, 5.41) is 3.87. The van der Waals surface area contributed by atoms with Crippen LogP contribution in [0.1, 0.15) is 46.3 Å². The number of hydrogen-bond donors (Lipinski definition) is 1. The lowest BCUT2D eigenvalue weighted by Crippen LogP contribution is -2.50. The second kappa shape index (κ2) is 4.51. The number of nitrogens with zero attached hydrogens (tertiary/aromatic N) is 2. The van der Waals surface area contributed by atoms with E-state index in [1.165, 1.54) is 0 Å². The van der Waals surface area contributed by atoms with Crippen LogP contribution in [0.25, 0.3) is 0 Å². The zero-order valence-corrected chi connectivity index (χ0v) is 10.7. The molecule has 0 aliphatic heterocycles. The summed E-state index contributed by atoms with van der Waals surface area (Å²) in [6.45, 7) is 10.8. The molecule has 0 fully saturated rings. The Morgan fingerprint density at radius 3 is 2.44 bits per heavy atom. The van der Waals surface area contributed by atoms with E-state index >= 15 is 0 Å². The molecule has 0 radical (unpaired) electrons. The molecular formula is C11H21N3O2. The Morgan fingerprint density at radius 1 is 1.31 bits per heavy atom. The van der Waals surface area contributed by atoms with E-state index in [-0.39, 0.29) is 5.41 Å². The summed E-state index contributed by atoms with van der Waals surface area (Å²) >= 11 is 0. The summed E-state index contributed by atoms with van der Waals surface area (Å²) in [6.07, 6.45) is 0. The largest absolute Gasteiger partial charge is 0.374 e. The maximum atomic E-state index is 6.10. The van der Waals surface area contributed by atoms with Gasteiger partial charge in [-0.05, 0) is 34.6 Å². The molecule has 5 heteroatoms. The van der Waals surface area contributed by atoms with Crippen LogP contribution in [0.15, 0.2) is 4.52 Å². The van der Waals surface area contributed by atoms with Crippen molar-refractivity contribution in [3.05, 3.63) is 11.7 Å². The molecule has 0 unspecified atom stereocenters. The number of nitrogens with two attached hydrogens (primary N) is 1. The van der Waals surface area contributed by atoms with Gasteiger partial charge in [-0.1, -0.05) is 5.16 Å². The van der Waals surface area contributed by atoms with E-state index in [1.807, 2.05) is 34.6 Å². The van der Waals surface area contributed by atoms with Gasteiger partial charge < -0.3 is 15.0 Å². The fourth-order valence-corrected chi connectivity index (χ4v) is 1.04. The van der Waals surface area contributed by atoms with Gasteiger partial charge in [-0.25, -0.2) is 0 Å². The predicted molar refractivity (Wildman–Crippen MR) is 60.9 cm³/mol. The molecule has 0 saturated heterocycles. The topological polar surface area (TPSA) is 74.2 Å². The first-order valence-corrected chi connectivity index (χ1v) is 5.48. The SMILES string of the molecule is CCOCc1noc(C(C)(C)C(C)(C)N)n1. The molecule has 0 aliphatic carbocycles. The molecule has 1 aromatic heterocycles. The van der Waals surface area contributed by atoms with Crippen molar-refractivity contribution in [2.24, 2.45) is 5.73 Å². The van der Waals surface area contributed by atoms with Gasteiger partial charge >= 0.3 is 0 Å². The molecule has 92 valence electrons. The lowest BCUT2D eigenvalue weighted by Gasteiger charge is -2.34. The van der Waals surface area contributed by atoms with Gasteiger partial charge in [-0.3, -0.25) is 0 Å². The fraction of sp³-hybridized carbons (Fsp3) is 0.818. The van der Waals surface area contributed by atoms with E-state index in [9.17, 15) is 0 Å². The highest BCUT2D eigenvalue weighted by atomic mass is 16.5. The van der Waals surface area contributed by atoms with E-state index < -0.39 is 5.54 Å². The zero-order chi connectivity index (χ0) is 12.4. The van der Waals surface area contributed by atoms with Crippen molar-refractivity contribution in [3.8, 4) is 0 Å². The standard InChI is InChI=1S/C11H21N3O2/c1-6-15-7-8-13-9(16-14-8)10(2,3)11(4,5)12/h6-7,12H2,1-5H3. The Hall–Kier alpha value is -0.940. The van der Waals surface area contributed by atoms with Crippen molar-refractivity contribution < 1.29 is 9.26 Å². The molecule has 0 saturated carbocycles. The van der Waals surface area contributed by atoms with Crippen molar-refractivity contribution in [2.45, 2.75) is 52.2 Å². The summed E-state index contributed by atoms with van der Waals surface area (Å²) in [5.41, 5.74) is 5.30. The lowest BCUT2D eigenvalue weighted by molar-refractivity contribution is 0.126. The van der Waals surface area contributed by atoms with Crippen LogP contribution in [-0.2, 0) is 16.8 Å². The Morgan fingerprint density at radius 2 is 1.94 bits per heavy atom. The van der Waals surface area contributed by atoms with E-state index in [2.05, 4.69) is 10.1 Å². The van der Waals surface area contributed by atoms with E-state index in [1.54, 1.807) is 0 Å². The third-order valence-corrected chi connectivity index (χ3v) is 3.05. The van der Waals surface area contributed by atoms with Crippen LogP contribution < -0.4 is 5.73 Å². The van der Waals surface area contributed by atoms with Gasteiger partial charge in [0.2, 0.25) is 5.89 Å². The van der Waals surface area contributed by atoms with Crippen LogP contribution in [-0.4, -0.2) is 22.3 Å². The number of hydrogen-bond acceptors (Lipinski definition) is 5. The minimum absolute atomic E-state index is 0.371. The first-order chi connectivity index (χ1) is 7.29. The molecular weight excluding hydrogens is 206 g/mol. The molecule has 0 aromatic carbocycles. The number of ether oxygens (including phenoxy) is 1. The van der Waals surface area contributed by atoms with Gasteiger partial charge in [0.1, 0.15) is 6.61 Å². The Kier molecular flexibility index (Phi) is 3.70. The molecule has 1 heterocycles. The summed E-state index contributed by atoms with van der Waals surface area (Å²) < 4.78 is 10.4. The molecule has 0 aliphatic rings. The highest BCUT2D eigenvalue weighted by Crippen LogP contribution is 2.31. The van der Waals surface area contributed by atoms with Crippen LogP contribution in [0.5, 0.6) is 0 Å². The molecule has 16 heavy (non-hydrogen) atoms. The molecule has 2 N–H and O–H groups in total. The van der Waals surface area contributed by atoms with Gasteiger partial charge in [0.25, 0.3) is 0 Å². The van der Waals surface area contributed by atoms with Gasteiger partial charge in [0, 0.05) is 12.1 Å². The van der Waals surface area contributed by atoms with E-state index in [4.69, 9.17) is 15.0 Å². The highest BCUT2D eigenvalue weighted by molar-refractivity contribution is 5.10. The molecule has 0 spiro atoms. The Bertz CT molecular complexity index is 339. The zero-order valence-electron chi connectivity index (χ0n) is 10.7. The molecule has 0 atom stereocenters. The number of aromatic nitrogens is 2. The second-order valence-corrected chi connectivity index (χ2v) is 5.00. The average molecular weight is 227 g/mol. The minimum Gasteiger partial charge on any atom is -0.374 e. The number of rotatable bonds is 5. The second-order valence-electron chi connectivity index (χ2n) is 5.00. The van der Waals surface area contributed by atoms with Gasteiger partial charge in [-0.15, -0.1) is 0 Å². The van der Waals surface area contributed by atoms with E-state index in [0.29, 0.717) is 24.9 Å². The quantitative estimate of drug-likeness (QED) is 0.827. The van der Waals surface area contributed by atoms with Gasteiger partial charge in [0.05, 0.1) is 5.41 Å². The monoisotopic (exact) mass is 227 g/mol. The third-order valence-electron chi connectivity index (χ3n) is 3.05. The van der Waals surface area contributed by atoms with Crippen LogP contribution in [0.3, 0.4) is 0 Å². The molecule has 0 amide bonds. The minimum atomic E-state index is -0.428. The van der Waals surface area contributed by atoms with Crippen molar-refractivity contribution in [2.75, 3.05) is 6.61 Å². The van der Waals surface area contributed by atoms with Crippen molar-refractivity contribution in [1.29, 1.82) is 0 Å². The lowest BCUT2D eigenvalue weighted by atomic mass is 9.75.